The quantitative estimate of drug-likeness (QED) is 0.501. The maximum atomic E-state index is 11.9. The average molecular weight is 235 g/mol. The highest BCUT2D eigenvalue weighted by molar-refractivity contribution is 7.92. The van der Waals surface area contributed by atoms with Gasteiger partial charge in [-0.2, -0.15) is 4.73 Å². The van der Waals surface area contributed by atoms with Crippen molar-refractivity contribution in [3.8, 4) is 0 Å². The third-order valence-corrected chi connectivity index (χ3v) is 4.77. The van der Waals surface area contributed by atoms with E-state index in [2.05, 4.69) is 0 Å². The molecule has 1 aromatic heterocycles. The predicted octanol–water partition coefficient (Wildman–Crippen LogP) is 0.803. The van der Waals surface area contributed by atoms with Crippen LogP contribution in [-0.2, 0) is 16.3 Å². The number of benzene rings is 1. The zero-order valence-electron chi connectivity index (χ0n) is 8.38. The van der Waals surface area contributed by atoms with Crippen LogP contribution in [0.25, 0.3) is 10.9 Å². The molecule has 82 valence electrons. The molecule has 1 aliphatic heterocycles. The maximum Gasteiger partial charge on any atom is 0.225 e. The first-order chi connectivity index (χ1) is 7.59. The Labute approximate surface area is 92.6 Å². The predicted molar refractivity (Wildman–Crippen MR) is 58.7 cm³/mol. The number of hydrogen-bond acceptors (Lipinski definition) is 3. The third-order valence-electron chi connectivity index (χ3n) is 2.93. The molecule has 0 aliphatic carbocycles. The van der Waals surface area contributed by atoms with Gasteiger partial charge in [-0.05, 0) is 18.1 Å². The minimum Gasteiger partial charge on any atom is -0.618 e. The molecule has 0 N–H and O–H groups in total. The van der Waals surface area contributed by atoms with Gasteiger partial charge in [0.15, 0.2) is 16.0 Å². The van der Waals surface area contributed by atoms with Gasteiger partial charge in [0, 0.05) is 12.1 Å². The highest BCUT2D eigenvalue weighted by Crippen LogP contribution is 2.31. The number of pyridine rings is 1. The molecule has 0 radical (unpaired) electrons. The molecule has 3 rings (SSSR count). The Kier molecular flexibility index (Phi) is 1.77. The molecule has 2 aromatic rings. The lowest BCUT2D eigenvalue weighted by Crippen LogP contribution is -2.26. The van der Waals surface area contributed by atoms with Crippen LogP contribution in [0.3, 0.4) is 0 Å². The van der Waals surface area contributed by atoms with Crippen molar-refractivity contribution in [1.29, 1.82) is 0 Å². The summed E-state index contributed by atoms with van der Waals surface area (Å²) in [5, 5.41) is 12.0. The van der Waals surface area contributed by atoms with Crippen LogP contribution in [0.15, 0.2) is 35.4 Å². The molecule has 0 saturated heterocycles. The molecule has 5 heteroatoms. The fourth-order valence-electron chi connectivity index (χ4n) is 2.20. The van der Waals surface area contributed by atoms with Crippen LogP contribution in [0, 0.1) is 5.21 Å². The van der Waals surface area contributed by atoms with E-state index in [1.807, 2.05) is 0 Å². The number of aryl methyl sites for hydroxylation is 1. The summed E-state index contributed by atoms with van der Waals surface area (Å²) >= 11 is 0. The molecule has 1 aromatic carbocycles. The van der Waals surface area contributed by atoms with Gasteiger partial charge in [-0.15, -0.1) is 0 Å². The second kappa shape index (κ2) is 2.95. The number of fused-ring (bicyclic) bond motifs is 3. The first-order valence-electron chi connectivity index (χ1n) is 4.96. The normalized spacial score (nSPS) is 17.5. The maximum absolute atomic E-state index is 11.9. The molecule has 0 unspecified atom stereocenters. The van der Waals surface area contributed by atoms with Crippen LogP contribution in [0.4, 0.5) is 0 Å². The summed E-state index contributed by atoms with van der Waals surface area (Å²) in [6.07, 6.45) is 1.91. The van der Waals surface area contributed by atoms with Gasteiger partial charge in [0.25, 0.3) is 0 Å². The summed E-state index contributed by atoms with van der Waals surface area (Å²) in [7, 11) is -3.20. The van der Waals surface area contributed by atoms with Crippen LogP contribution in [0.1, 0.15) is 5.56 Å². The smallest absolute Gasteiger partial charge is 0.225 e. The van der Waals surface area contributed by atoms with Gasteiger partial charge in [0.1, 0.15) is 0 Å². The van der Waals surface area contributed by atoms with E-state index >= 15 is 0 Å². The fourth-order valence-corrected chi connectivity index (χ4v) is 3.97. The molecule has 0 amide bonds. The monoisotopic (exact) mass is 235 g/mol. The fraction of sp³-hybridized carbons (Fsp3) is 0.182. The summed E-state index contributed by atoms with van der Waals surface area (Å²) in [5.41, 5.74) is 1.23. The Bertz CT molecular complexity index is 692. The highest BCUT2D eigenvalue weighted by Gasteiger charge is 2.29. The van der Waals surface area contributed by atoms with Gasteiger partial charge >= 0.3 is 0 Å². The van der Waals surface area contributed by atoms with Crippen LogP contribution >= 0.6 is 0 Å². The molecule has 16 heavy (non-hydrogen) atoms. The van der Waals surface area contributed by atoms with Crippen molar-refractivity contribution in [2.45, 2.75) is 11.3 Å². The second-order valence-corrected chi connectivity index (χ2v) is 5.94. The van der Waals surface area contributed by atoms with Crippen LogP contribution in [0.5, 0.6) is 0 Å². The van der Waals surface area contributed by atoms with E-state index in [-0.39, 0.29) is 5.75 Å². The number of nitrogens with zero attached hydrogens (tertiary/aromatic N) is 1. The zero-order chi connectivity index (χ0) is 11.3. The summed E-state index contributed by atoms with van der Waals surface area (Å²) in [4.78, 5) is 0.343. The summed E-state index contributed by atoms with van der Waals surface area (Å²) in [6, 6.07) is 6.67. The van der Waals surface area contributed by atoms with Crippen molar-refractivity contribution >= 4 is 20.7 Å². The van der Waals surface area contributed by atoms with E-state index in [1.165, 1.54) is 6.20 Å². The van der Waals surface area contributed by atoms with Gasteiger partial charge in [-0.1, -0.05) is 6.07 Å². The lowest BCUT2D eigenvalue weighted by atomic mass is 10.1. The van der Waals surface area contributed by atoms with Crippen molar-refractivity contribution in [3.05, 3.63) is 41.2 Å². The number of rotatable bonds is 0. The Balaban J connectivity index is 2.55. The summed E-state index contributed by atoms with van der Waals surface area (Å²) in [6.45, 7) is 0. The summed E-state index contributed by atoms with van der Waals surface area (Å²) < 4.78 is 24.4. The van der Waals surface area contributed by atoms with Gasteiger partial charge in [0.05, 0.1) is 16.0 Å². The van der Waals surface area contributed by atoms with Gasteiger partial charge in [0.2, 0.25) is 5.52 Å². The van der Waals surface area contributed by atoms with E-state index in [4.69, 9.17) is 0 Å². The SMILES string of the molecule is O=S1(=O)CCc2ccc3c(ccc[n+]3[O-])c21. The van der Waals surface area contributed by atoms with Crippen LogP contribution < -0.4 is 4.73 Å². The molecular weight excluding hydrogens is 226 g/mol. The van der Waals surface area contributed by atoms with Gasteiger partial charge < -0.3 is 5.21 Å². The van der Waals surface area contributed by atoms with Gasteiger partial charge in [-0.25, -0.2) is 8.42 Å². The van der Waals surface area contributed by atoms with Crippen molar-refractivity contribution in [1.82, 2.24) is 0 Å². The van der Waals surface area contributed by atoms with Crippen LogP contribution in [0.2, 0.25) is 0 Å². The third kappa shape index (κ3) is 1.15. The van der Waals surface area contributed by atoms with E-state index in [0.717, 1.165) is 5.56 Å². The van der Waals surface area contributed by atoms with E-state index in [1.54, 1.807) is 24.3 Å². The van der Waals surface area contributed by atoms with Gasteiger partial charge in [-0.3, -0.25) is 0 Å². The van der Waals surface area contributed by atoms with E-state index in [0.29, 0.717) is 26.9 Å². The summed E-state index contributed by atoms with van der Waals surface area (Å²) in [5.74, 6) is 0.148. The molecule has 0 saturated carbocycles. The largest absolute Gasteiger partial charge is 0.618 e. The molecule has 1 aliphatic rings. The Morgan fingerprint density at radius 1 is 1.25 bits per heavy atom. The van der Waals surface area contributed by atoms with Crippen LogP contribution in [-0.4, -0.2) is 14.2 Å². The molecule has 0 bridgehead atoms. The molecule has 0 spiro atoms. The zero-order valence-corrected chi connectivity index (χ0v) is 9.20. The Morgan fingerprint density at radius 3 is 2.88 bits per heavy atom. The van der Waals surface area contributed by atoms with E-state index in [9.17, 15) is 13.6 Å². The van der Waals surface area contributed by atoms with Crippen molar-refractivity contribution in [2.75, 3.05) is 5.75 Å². The highest BCUT2D eigenvalue weighted by atomic mass is 32.2. The second-order valence-electron chi connectivity index (χ2n) is 3.89. The number of hydrogen-bond donors (Lipinski definition) is 0. The topological polar surface area (TPSA) is 61.1 Å². The standard InChI is InChI=1S/C11H9NO3S/c13-12-6-1-2-9-10(12)4-3-8-5-7-16(14,15)11(8)9/h1-4,6H,5,7H2. The molecule has 4 nitrogen and oxygen atoms in total. The lowest BCUT2D eigenvalue weighted by Gasteiger charge is -2.04. The number of aromatic nitrogens is 1. The Morgan fingerprint density at radius 2 is 2.06 bits per heavy atom. The first kappa shape index (κ1) is 9.59. The minimum atomic E-state index is -3.20. The minimum absolute atomic E-state index is 0.148. The van der Waals surface area contributed by atoms with E-state index < -0.39 is 9.84 Å². The molecule has 0 fully saturated rings. The van der Waals surface area contributed by atoms with Crippen molar-refractivity contribution in [2.24, 2.45) is 0 Å². The van der Waals surface area contributed by atoms with Crippen molar-refractivity contribution < 1.29 is 13.1 Å². The first-order valence-corrected chi connectivity index (χ1v) is 6.61. The lowest BCUT2D eigenvalue weighted by molar-refractivity contribution is -0.577. The Hall–Kier alpha value is -1.62. The number of sulfone groups is 1. The molecule has 2 heterocycles. The van der Waals surface area contributed by atoms with Crippen molar-refractivity contribution in [3.63, 3.8) is 0 Å². The molecular formula is C11H9NO3S. The molecule has 0 atom stereocenters. The average Bonchev–Trinajstić information content (AvgIpc) is 2.56.